The minimum atomic E-state index is -0.858. The van der Waals surface area contributed by atoms with Gasteiger partial charge >= 0.3 is 5.69 Å². The van der Waals surface area contributed by atoms with E-state index in [-0.39, 0.29) is 5.56 Å². The summed E-state index contributed by atoms with van der Waals surface area (Å²) in [6, 6.07) is 2.87. The van der Waals surface area contributed by atoms with Crippen molar-refractivity contribution in [1.82, 2.24) is 15.0 Å². The number of carbonyl (C=O) groups is 1. The van der Waals surface area contributed by atoms with E-state index in [1.165, 1.54) is 34.1 Å². The van der Waals surface area contributed by atoms with E-state index in [2.05, 4.69) is 22.4 Å². The smallest absolute Gasteiger partial charge is 0.311 e. The number of amides is 1. The van der Waals surface area contributed by atoms with Gasteiger partial charge in [-0.1, -0.05) is 6.92 Å². The Kier molecular flexibility index (Phi) is 5.74. The number of aryl methyl sites for hydroxylation is 1. The molecular weight excluding hydrogens is 434 g/mol. The van der Waals surface area contributed by atoms with Gasteiger partial charge in [0.15, 0.2) is 5.75 Å². The van der Waals surface area contributed by atoms with Crippen LogP contribution in [0.25, 0.3) is 10.2 Å². The Morgan fingerprint density at radius 1 is 1.50 bits per heavy atom. The molecule has 0 fully saturated rings. The number of nitro groups is 1. The molecule has 0 saturated heterocycles. The van der Waals surface area contributed by atoms with Crippen LogP contribution in [-0.4, -0.2) is 31.7 Å². The van der Waals surface area contributed by atoms with E-state index >= 15 is 0 Å². The second-order valence-electron chi connectivity index (χ2n) is 7.90. The van der Waals surface area contributed by atoms with Gasteiger partial charge in [0.1, 0.15) is 10.9 Å². The van der Waals surface area contributed by atoms with Gasteiger partial charge in [-0.05, 0) is 49.8 Å². The first-order valence-electron chi connectivity index (χ1n) is 10.1. The van der Waals surface area contributed by atoms with Crippen molar-refractivity contribution in [3.8, 4) is 5.75 Å². The van der Waals surface area contributed by atoms with Gasteiger partial charge in [0.2, 0.25) is 0 Å². The van der Waals surface area contributed by atoms with Gasteiger partial charge in [-0.25, -0.2) is 10.4 Å². The molecule has 1 aliphatic carbocycles. The first-order chi connectivity index (χ1) is 15.3. The highest BCUT2D eigenvalue weighted by Gasteiger charge is 2.25. The summed E-state index contributed by atoms with van der Waals surface area (Å²) in [5.41, 5.74) is 3.00. The summed E-state index contributed by atoms with van der Waals surface area (Å²) >= 11 is 1.55. The van der Waals surface area contributed by atoms with Crippen molar-refractivity contribution in [1.29, 1.82) is 0 Å². The molecule has 0 aliphatic heterocycles. The summed E-state index contributed by atoms with van der Waals surface area (Å²) < 4.78 is 1.30. The van der Waals surface area contributed by atoms with E-state index in [0.717, 1.165) is 30.9 Å². The number of hydrogen-bond donors (Lipinski definition) is 2. The van der Waals surface area contributed by atoms with Crippen molar-refractivity contribution in [3.63, 3.8) is 0 Å². The van der Waals surface area contributed by atoms with Crippen LogP contribution in [0.15, 0.2) is 34.4 Å². The predicted molar refractivity (Wildman–Crippen MR) is 120 cm³/mol. The first kappa shape index (κ1) is 21.6. The lowest BCUT2D eigenvalue weighted by molar-refractivity contribution is -0.385. The maximum atomic E-state index is 13.1. The molecule has 2 heterocycles. The molecule has 2 N–H and O–H groups in total. The molecule has 2 atom stereocenters. The molecule has 1 amide bonds. The van der Waals surface area contributed by atoms with Crippen molar-refractivity contribution in [2.75, 3.05) is 0 Å². The van der Waals surface area contributed by atoms with Crippen molar-refractivity contribution in [2.45, 2.75) is 39.2 Å². The van der Waals surface area contributed by atoms with E-state index in [1.54, 1.807) is 18.3 Å². The Morgan fingerprint density at radius 3 is 3.03 bits per heavy atom. The van der Waals surface area contributed by atoms with E-state index in [4.69, 9.17) is 0 Å². The highest BCUT2D eigenvalue weighted by molar-refractivity contribution is 7.18. The number of hydrazone groups is 1. The number of aromatic hydroxyl groups is 1. The Morgan fingerprint density at radius 2 is 2.28 bits per heavy atom. The molecule has 2 aromatic heterocycles. The number of rotatable bonds is 5. The highest BCUT2D eigenvalue weighted by Crippen LogP contribution is 2.35. The fourth-order valence-electron chi connectivity index (χ4n) is 3.78. The van der Waals surface area contributed by atoms with Gasteiger partial charge in [0, 0.05) is 16.5 Å². The zero-order valence-corrected chi connectivity index (χ0v) is 18.3. The monoisotopic (exact) mass is 455 g/mol. The van der Waals surface area contributed by atoms with E-state index in [0.29, 0.717) is 21.7 Å². The number of benzene rings is 1. The number of nitrogens with zero attached hydrogens (tertiary/aromatic N) is 4. The summed E-state index contributed by atoms with van der Waals surface area (Å²) in [5, 5.41) is 24.8. The summed E-state index contributed by atoms with van der Waals surface area (Å²) in [6.07, 6.45) is 5.40. The normalized spacial score (nSPS) is 16.8. The van der Waals surface area contributed by atoms with Gasteiger partial charge in [-0.2, -0.15) is 5.10 Å². The number of hydrogen-bond acceptors (Lipinski definition) is 8. The number of carbonyl (C=O) groups excluding carboxylic acids is 1. The van der Waals surface area contributed by atoms with Gasteiger partial charge in [-0.15, -0.1) is 11.3 Å². The average molecular weight is 455 g/mol. The number of thiophene rings is 1. The summed E-state index contributed by atoms with van der Waals surface area (Å²) in [6.45, 7) is 3.77. The first-order valence-corrected chi connectivity index (χ1v) is 10.9. The largest absolute Gasteiger partial charge is 0.502 e. The van der Waals surface area contributed by atoms with Gasteiger partial charge in [0.05, 0.1) is 22.9 Å². The third kappa shape index (κ3) is 3.98. The minimum Gasteiger partial charge on any atom is -0.502 e. The lowest BCUT2D eigenvalue weighted by Crippen LogP contribution is -2.34. The molecule has 1 aromatic carbocycles. The predicted octanol–water partition coefficient (Wildman–Crippen LogP) is 2.91. The van der Waals surface area contributed by atoms with Crippen molar-refractivity contribution in [3.05, 3.63) is 61.0 Å². The maximum absolute atomic E-state index is 13.1. The molecule has 0 saturated carbocycles. The molecule has 0 unspecified atom stereocenters. The highest BCUT2D eigenvalue weighted by atomic mass is 32.1. The van der Waals surface area contributed by atoms with Crippen LogP contribution in [0.1, 0.15) is 42.3 Å². The van der Waals surface area contributed by atoms with Crippen LogP contribution in [0.3, 0.4) is 0 Å². The Balaban J connectivity index is 1.54. The fraction of sp³-hybridized carbons (Fsp3) is 0.333. The lowest BCUT2D eigenvalue weighted by atomic mass is 9.89. The molecule has 1 aliphatic rings. The topological polar surface area (TPSA) is 140 Å². The van der Waals surface area contributed by atoms with Crippen molar-refractivity contribution < 1.29 is 14.8 Å². The second-order valence-corrected chi connectivity index (χ2v) is 8.99. The third-order valence-corrected chi connectivity index (χ3v) is 6.78. The maximum Gasteiger partial charge on any atom is 0.311 e. The van der Waals surface area contributed by atoms with Crippen LogP contribution in [0.2, 0.25) is 0 Å². The average Bonchev–Trinajstić information content (AvgIpc) is 3.12. The zero-order chi connectivity index (χ0) is 23.0. The molecule has 32 heavy (non-hydrogen) atoms. The van der Waals surface area contributed by atoms with Crippen molar-refractivity contribution in [2.24, 2.45) is 11.0 Å². The number of fused-ring (bicyclic) bond motifs is 3. The van der Waals surface area contributed by atoms with Gasteiger partial charge in [0.25, 0.3) is 11.5 Å². The van der Waals surface area contributed by atoms with Crippen LogP contribution in [0.4, 0.5) is 5.69 Å². The number of phenolic OH excluding ortho intramolecular Hbond substituents is 1. The van der Waals surface area contributed by atoms with Crippen LogP contribution < -0.4 is 11.0 Å². The van der Waals surface area contributed by atoms with Crippen LogP contribution in [0, 0.1) is 16.0 Å². The van der Waals surface area contributed by atoms with E-state index in [9.17, 15) is 24.8 Å². The lowest BCUT2D eigenvalue weighted by Gasteiger charge is -2.18. The summed E-state index contributed by atoms with van der Waals surface area (Å²) in [7, 11) is 0. The standard InChI is InChI=1S/C21H21N5O5S/c1-11-3-5-14-17(7-11)32-20-18(14)21(29)25(10-22-20)12(2)19(28)24-23-9-13-4-6-16(27)15(8-13)26(30)31/h4,6,8-12,27H,3,5,7H2,1-2H3,(H,24,28)/b23-9-/t11-,12-/m1/s1. The number of nitrogens with one attached hydrogen (secondary N) is 1. The minimum absolute atomic E-state index is 0.247. The summed E-state index contributed by atoms with van der Waals surface area (Å²) in [5.74, 6) is -0.414. The molecule has 4 rings (SSSR count). The summed E-state index contributed by atoms with van der Waals surface area (Å²) in [4.78, 5) is 42.2. The van der Waals surface area contributed by atoms with Crippen LogP contribution >= 0.6 is 11.3 Å². The van der Waals surface area contributed by atoms with Crippen LogP contribution in [-0.2, 0) is 17.6 Å². The van der Waals surface area contributed by atoms with E-state index in [1.807, 2.05) is 0 Å². The van der Waals surface area contributed by atoms with Crippen molar-refractivity contribution >= 4 is 39.4 Å². The third-order valence-electron chi connectivity index (χ3n) is 5.62. The fourth-order valence-corrected chi connectivity index (χ4v) is 5.12. The van der Waals surface area contributed by atoms with Gasteiger partial charge < -0.3 is 5.11 Å². The zero-order valence-electron chi connectivity index (χ0n) is 17.4. The number of nitro benzene ring substituents is 1. The molecule has 0 bridgehead atoms. The number of aromatic nitrogens is 2. The Bertz CT molecular complexity index is 1310. The molecule has 0 radical (unpaired) electrons. The number of phenols is 1. The molecule has 3 aromatic rings. The molecule has 0 spiro atoms. The SMILES string of the molecule is C[C@@H]1CCc2c(sc3ncn([C@H](C)C(=O)N/N=C\c4ccc(O)c([N+](=O)[O-])c4)c(=O)c23)C1. The molecular formula is C21H21N5O5S. The Hall–Kier alpha value is -3.60. The molecule has 10 nitrogen and oxygen atoms in total. The molecule has 11 heteroatoms. The van der Waals surface area contributed by atoms with Crippen LogP contribution in [0.5, 0.6) is 5.75 Å². The van der Waals surface area contributed by atoms with Gasteiger partial charge in [-0.3, -0.25) is 24.3 Å². The van der Waals surface area contributed by atoms with E-state index < -0.39 is 28.3 Å². The second kappa shape index (κ2) is 8.50. The Labute approximate surface area is 186 Å². The quantitative estimate of drug-likeness (QED) is 0.344. The molecule has 166 valence electrons.